The fraction of sp³-hybridized carbons (Fsp3) is 0.318. The van der Waals surface area contributed by atoms with Crippen LogP contribution in [0.25, 0.3) is 0 Å². The number of benzene rings is 1. The Hall–Kier alpha value is -4.06. The minimum atomic E-state index is -1.42. The molecule has 2 aromatic heterocycles. The second-order valence-electron chi connectivity index (χ2n) is 7.51. The molecule has 0 spiro atoms. The fourth-order valence-corrected chi connectivity index (χ4v) is 2.74. The van der Waals surface area contributed by atoms with Gasteiger partial charge in [-0.25, -0.2) is 14.4 Å². The second kappa shape index (κ2) is 11.7. The molecule has 12 heteroatoms. The van der Waals surface area contributed by atoms with Gasteiger partial charge in [0, 0.05) is 13.2 Å². The van der Waals surface area contributed by atoms with Crippen molar-refractivity contribution in [1.82, 2.24) is 24.6 Å². The molecule has 180 valence electrons. The summed E-state index contributed by atoms with van der Waals surface area (Å²) < 4.78 is 19.8. The van der Waals surface area contributed by atoms with Crippen LogP contribution in [0.1, 0.15) is 5.56 Å². The molecule has 0 radical (unpaired) electrons. The predicted octanol–water partition coefficient (Wildman–Crippen LogP) is 1.07. The molecular weight excluding hydrogens is 445 g/mol. The van der Waals surface area contributed by atoms with Crippen LogP contribution in [0.15, 0.2) is 49.1 Å². The third-order valence-corrected chi connectivity index (χ3v) is 4.72. The number of hydrogen-bond donors (Lipinski definition) is 3. The van der Waals surface area contributed by atoms with Gasteiger partial charge in [0.25, 0.3) is 5.91 Å². The molecule has 1 aromatic carbocycles. The summed E-state index contributed by atoms with van der Waals surface area (Å²) in [6.45, 7) is 2.53. The van der Waals surface area contributed by atoms with Crippen molar-refractivity contribution >= 4 is 23.5 Å². The average molecular weight is 471 g/mol. The fourth-order valence-electron chi connectivity index (χ4n) is 2.74. The van der Waals surface area contributed by atoms with Gasteiger partial charge in [0.2, 0.25) is 11.9 Å². The molecule has 34 heavy (non-hydrogen) atoms. The molecule has 2 amide bonds. The first-order chi connectivity index (χ1) is 16.3. The molecule has 3 aromatic rings. The lowest BCUT2D eigenvalue weighted by Gasteiger charge is -2.17. The van der Waals surface area contributed by atoms with Crippen molar-refractivity contribution in [2.45, 2.75) is 19.6 Å². The van der Waals surface area contributed by atoms with Crippen LogP contribution < -0.4 is 15.4 Å². The third kappa shape index (κ3) is 7.52. The van der Waals surface area contributed by atoms with Crippen LogP contribution in [-0.2, 0) is 16.1 Å². The minimum Gasteiger partial charge on any atom is -0.492 e. The molecule has 1 unspecified atom stereocenters. The van der Waals surface area contributed by atoms with E-state index < -0.39 is 17.8 Å². The molecule has 0 aliphatic carbocycles. The number of likely N-dealkylation sites (N-methyl/N-ethyl adjacent to an activating group) is 1. The Morgan fingerprint density at radius 2 is 1.91 bits per heavy atom. The van der Waals surface area contributed by atoms with E-state index >= 15 is 0 Å². The van der Waals surface area contributed by atoms with Gasteiger partial charge in [-0.15, -0.1) is 0 Å². The van der Waals surface area contributed by atoms with Crippen LogP contribution in [0.3, 0.4) is 0 Å². The van der Waals surface area contributed by atoms with Crippen LogP contribution in [-0.4, -0.2) is 74.4 Å². The predicted molar refractivity (Wildman–Crippen MR) is 122 cm³/mol. The van der Waals surface area contributed by atoms with Crippen molar-refractivity contribution in [3.63, 3.8) is 0 Å². The molecule has 1 atom stereocenters. The highest BCUT2D eigenvalue weighted by Crippen LogP contribution is 2.11. The van der Waals surface area contributed by atoms with Gasteiger partial charge in [-0.3, -0.25) is 14.3 Å². The van der Waals surface area contributed by atoms with E-state index in [1.807, 2.05) is 31.2 Å². The standard InChI is InChI=1S/C22H26FN7O4/c1-15-3-5-18(6-4-15)34-8-7-29(2)20(32)14-30-13-17(11-27-30)28-21(33)19(31)12-26-22-24-9-16(23)10-25-22/h3-6,9-11,13,19,31H,7-8,12,14H2,1-2H3,(H,28,33)(H,24,25,26). The maximum Gasteiger partial charge on any atom is 0.255 e. The maximum atomic E-state index is 12.8. The van der Waals surface area contributed by atoms with Crippen molar-refractivity contribution in [1.29, 1.82) is 0 Å². The lowest BCUT2D eigenvalue weighted by atomic mass is 10.2. The monoisotopic (exact) mass is 471 g/mol. The molecule has 0 saturated heterocycles. The lowest BCUT2D eigenvalue weighted by molar-refractivity contribution is -0.131. The average Bonchev–Trinajstić information content (AvgIpc) is 3.26. The summed E-state index contributed by atoms with van der Waals surface area (Å²) >= 11 is 0. The number of aliphatic hydroxyl groups excluding tert-OH is 1. The number of anilines is 2. The number of amides is 2. The summed E-state index contributed by atoms with van der Waals surface area (Å²) in [5.74, 6) is -0.654. The number of aryl methyl sites for hydroxylation is 1. The smallest absolute Gasteiger partial charge is 0.255 e. The van der Waals surface area contributed by atoms with E-state index in [1.54, 1.807) is 7.05 Å². The number of ether oxygens (including phenoxy) is 1. The number of carbonyl (C=O) groups is 2. The van der Waals surface area contributed by atoms with Gasteiger partial charge in [-0.2, -0.15) is 5.10 Å². The number of nitrogens with one attached hydrogen (secondary N) is 2. The van der Waals surface area contributed by atoms with Crippen LogP contribution in [0.5, 0.6) is 5.75 Å². The lowest BCUT2D eigenvalue weighted by Crippen LogP contribution is -2.34. The van der Waals surface area contributed by atoms with E-state index in [2.05, 4.69) is 25.7 Å². The first-order valence-electron chi connectivity index (χ1n) is 10.5. The Balaban J connectivity index is 1.40. The van der Waals surface area contributed by atoms with Crippen LogP contribution in [0.4, 0.5) is 16.0 Å². The summed E-state index contributed by atoms with van der Waals surface area (Å²) in [6, 6.07) is 7.65. The molecular formula is C22H26FN7O4. The minimum absolute atomic E-state index is 0.0249. The van der Waals surface area contributed by atoms with Gasteiger partial charge in [0.1, 0.15) is 25.0 Å². The van der Waals surface area contributed by atoms with Gasteiger partial charge in [-0.1, -0.05) is 17.7 Å². The SMILES string of the molecule is Cc1ccc(OCCN(C)C(=O)Cn2cc(NC(=O)C(O)CNc3ncc(F)cn3)cn2)cc1. The first kappa shape index (κ1) is 24.6. The Bertz CT molecular complexity index is 1090. The van der Waals surface area contributed by atoms with E-state index in [9.17, 15) is 19.1 Å². The van der Waals surface area contributed by atoms with E-state index in [4.69, 9.17) is 4.74 Å². The van der Waals surface area contributed by atoms with Crippen LogP contribution in [0, 0.1) is 12.7 Å². The van der Waals surface area contributed by atoms with Crippen molar-refractivity contribution in [2.75, 3.05) is 37.4 Å². The molecule has 0 aliphatic heterocycles. The van der Waals surface area contributed by atoms with E-state index in [-0.39, 0.29) is 24.9 Å². The molecule has 0 saturated carbocycles. The maximum absolute atomic E-state index is 12.8. The Kier molecular flexibility index (Phi) is 8.46. The zero-order chi connectivity index (χ0) is 24.5. The molecule has 0 aliphatic rings. The topological polar surface area (TPSA) is 134 Å². The zero-order valence-electron chi connectivity index (χ0n) is 18.8. The highest BCUT2D eigenvalue weighted by Gasteiger charge is 2.17. The molecule has 0 bridgehead atoms. The Morgan fingerprint density at radius 3 is 2.62 bits per heavy atom. The molecule has 11 nitrogen and oxygen atoms in total. The number of halogens is 1. The van der Waals surface area contributed by atoms with Gasteiger partial charge in [0.05, 0.1) is 37.4 Å². The number of rotatable bonds is 11. The number of carbonyl (C=O) groups excluding carboxylic acids is 2. The molecule has 3 N–H and O–H groups in total. The molecule has 2 heterocycles. The quantitative estimate of drug-likeness (QED) is 0.378. The van der Waals surface area contributed by atoms with Gasteiger partial charge in [0.15, 0.2) is 5.82 Å². The van der Waals surface area contributed by atoms with Crippen molar-refractivity contribution in [3.8, 4) is 5.75 Å². The highest BCUT2D eigenvalue weighted by atomic mass is 19.1. The third-order valence-electron chi connectivity index (χ3n) is 4.72. The number of aromatic nitrogens is 4. The van der Waals surface area contributed by atoms with Crippen LogP contribution in [0.2, 0.25) is 0 Å². The number of nitrogens with zero attached hydrogens (tertiary/aromatic N) is 5. The van der Waals surface area contributed by atoms with Crippen molar-refractivity contribution < 1.29 is 23.8 Å². The Morgan fingerprint density at radius 1 is 1.21 bits per heavy atom. The van der Waals surface area contributed by atoms with Gasteiger partial charge >= 0.3 is 0 Å². The van der Waals surface area contributed by atoms with E-state index in [1.165, 1.54) is 22.0 Å². The zero-order valence-corrected chi connectivity index (χ0v) is 18.8. The van der Waals surface area contributed by atoms with Gasteiger partial charge < -0.3 is 25.4 Å². The van der Waals surface area contributed by atoms with Crippen molar-refractivity contribution in [3.05, 3.63) is 60.4 Å². The van der Waals surface area contributed by atoms with Gasteiger partial charge in [-0.05, 0) is 19.1 Å². The summed E-state index contributed by atoms with van der Waals surface area (Å²) in [6.07, 6.45) is 3.36. The Labute approximate surface area is 195 Å². The van der Waals surface area contributed by atoms with E-state index in [0.29, 0.717) is 18.8 Å². The number of hydrogen-bond acceptors (Lipinski definition) is 8. The van der Waals surface area contributed by atoms with E-state index in [0.717, 1.165) is 23.7 Å². The summed E-state index contributed by atoms with van der Waals surface area (Å²) in [4.78, 5) is 33.5. The largest absolute Gasteiger partial charge is 0.492 e. The summed E-state index contributed by atoms with van der Waals surface area (Å²) in [7, 11) is 1.67. The van der Waals surface area contributed by atoms with Crippen LogP contribution >= 0.6 is 0 Å². The molecule has 3 rings (SSSR count). The first-order valence-corrected chi connectivity index (χ1v) is 10.5. The molecule has 0 fully saturated rings. The summed E-state index contributed by atoms with van der Waals surface area (Å²) in [5.41, 5.74) is 1.46. The van der Waals surface area contributed by atoms with Crippen molar-refractivity contribution in [2.24, 2.45) is 0 Å². The second-order valence-corrected chi connectivity index (χ2v) is 7.51. The highest BCUT2D eigenvalue weighted by molar-refractivity contribution is 5.94. The number of aliphatic hydroxyl groups is 1. The normalized spacial score (nSPS) is 11.5. The summed E-state index contributed by atoms with van der Waals surface area (Å²) in [5, 5.41) is 19.2.